The Morgan fingerprint density at radius 3 is 2.35 bits per heavy atom. The summed E-state index contributed by atoms with van der Waals surface area (Å²) in [7, 11) is 0. The van der Waals surface area contributed by atoms with E-state index in [4.69, 9.17) is 0 Å². The molecule has 0 radical (unpaired) electrons. The zero-order valence-electron chi connectivity index (χ0n) is 16.3. The Balaban J connectivity index is 1.58. The van der Waals surface area contributed by atoms with Gasteiger partial charge in [0.2, 0.25) is 0 Å². The molecule has 3 N–H and O–H groups in total. The van der Waals surface area contributed by atoms with Crippen LogP contribution in [-0.2, 0) is 5.41 Å². The quantitative estimate of drug-likeness (QED) is 0.771. The average Bonchev–Trinajstić information content (AvgIpc) is 2.52. The lowest BCUT2D eigenvalue weighted by Crippen LogP contribution is -2.66. The summed E-state index contributed by atoms with van der Waals surface area (Å²) < 4.78 is 0. The summed E-state index contributed by atoms with van der Waals surface area (Å²) in [5.41, 5.74) is 2.29. The Morgan fingerprint density at radius 1 is 1.15 bits per heavy atom. The van der Waals surface area contributed by atoms with E-state index in [2.05, 4.69) is 41.8 Å². The summed E-state index contributed by atoms with van der Waals surface area (Å²) in [5.74, 6) is 1.42. The van der Waals surface area contributed by atoms with Crippen LogP contribution in [0.3, 0.4) is 0 Å². The molecule has 4 saturated carbocycles. The molecule has 4 nitrogen and oxygen atoms in total. The molecule has 4 fully saturated rings. The highest BCUT2D eigenvalue weighted by Gasteiger charge is 2.58. The maximum absolute atomic E-state index is 12.7. The maximum atomic E-state index is 12.7. The molecule has 4 aliphatic rings. The Bertz CT molecular complexity index is 681. The number of rotatable bonds is 4. The molecule has 4 bridgehead atoms. The number of aliphatic hydroxyl groups excluding tert-OH is 1. The van der Waals surface area contributed by atoms with Gasteiger partial charge in [-0.1, -0.05) is 29.8 Å². The zero-order valence-corrected chi connectivity index (χ0v) is 16.3. The summed E-state index contributed by atoms with van der Waals surface area (Å²) in [6, 6.07) is 8.94. The molecule has 1 aromatic rings. The summed E-state index contributed by atoms with van der Waals surface area (Å²) >= 11 is 0. The van der Waals surface area contributed by atoms with E-state index >= 15 is 0 Å². The van der Waals surface area contributed by atoms with Crippen LogP contribution in [0.15, 0.2) is 24.3 Å². The van der Waals surface area contributed by atoms with Gasteiger partial charge in [0.05, 0.1) is 12.1 Å². The van der Waals surface area contributed by atoms with Crippen molar-refractivity contribution in [3.05, 3.63) is 35.4 Å². The number of carbonyl (C=O) groups excluding carboxylic acids is 1. The van der Waals surface area contributed by atoms with Crippen LogP contribution in [0.2, 0.25) is 0 Å². The third-order valence-corrected chi connectivity index (χ3v) is 6.95. The highest BCUT2D eigenvalue weighted by atomic mass is 16.3. The molecule has 4 atom stereocenters. The van der Waals surface area contributed by atoms with Crippen LogP contribution in [0.25, 0.3) is 0 Å². The smallest absolute Gasteiger partial charge is 0.315 e. The molecule has 1 aromatic carbocycles. The van der Waals surface area contributed by atoms with Crippen molar-refractivity contribution in [2.75, 3.05) is 6.61 Å². The molecule has 26 heavy (non-hydrogen) atoms. The molecule has 0 aromatic heterocycles. The predicted molar refractivity (Wildman–Crippen MR) is 103 cm³/mol. The molecular weight excluding hydrogens is 324 g/mol. The Kier molecular flexibility index (Phi) is 4.11. The number of benzene rings is 1. The van der Waals surface area contributed by atoms with Gasteiger partial charge in [0, 0.05) is 5.54 Å². The van der Waals surface area contributed by atoms with Gasteiger partial charge in [-0.2, -0.15) is 0 Å². The summed E-state index contributed by atoms with van der Waals surface area (Å²) in [6.07, 6.45) is 7.09. The van der Waals surface area contributed by atoms with Gasteiger partial charge in [-0.05, 0) is 82.1 Å². The van der Waals surface area contributed by atoms with E-state index in [-0.39, 0.29) is 23.6 Å². The SMILES string of the molecule is Cc1ccc(C23C[C@@H]4C[C@@H](CC(NC(=O)NC(C)(C)CO)(C4)C2)C3)cc1. The fraction of sp³-hybridized carbons (Fsp3) is 0.682. The number of amides is 2. The number of urea groups is 1. The minimum Gasteiger partial charge on any atom is -0.394 e. The van der Waals surface area contributed by atoms with Crippen molar-refractivity contribution < 1.29 is 9.90 Å². The number of aryl methyl sites for hydroxylation is 1. The fourth-order valence-corrected chi connectivity index (χ4v) is 6.27. The van der Waals surface area contributed by atoms with E-state index in [1.54, 1.807) is 0 Å². The summed E-state index contributed by atoms with van der Waals surface area (Å²) in [4.78, 5) is 12.7. The zero-order chi connectivity index (χ0) is 18.6. The van der Waals surface area contributed by atoms with Gasteiger partial charge in [0.15, 0.2) is 0 Å². The van der Waals surface area contributed by atoms with Gasteiger partial charge < -0.3 is 15.7 Å². The van der Waals surface area contributed by atoms with Crippen LogP contribution in [-0.4, -0.2) is 28.8 Å². The largest absolute Gasteiger partial charge is 0.394 e. The topological polar surface area (TPSA) is 61.4 Å². The van der Waals surface area contributed by atoms with E-state index in [0.29, 0.717) is 11.8 Å². The van der Waals surface area contributed by atoms with E-state index in [0.717, 1.165) is 19.3 Å². The summed E-state index contributed by atoms with van der Waals surface area (Å²) in [6.45, 7) is 5.77. The highest BCUT2D eigenvalue weighted by Crippen LogP contribution is 2.62. The number of hydrogen-bond donors (Lipinski definition) is 3. The second-order valence-corrected chi connectivity index (χ2v) is 10.0. The number of nitrogens with one attached hydrogen (secondary N) is 2. The predicted octanol–water partition coefficient (Wildman–Crippen LogP) is 3.66. The van der Waals surface area contributed by atoms with Crippen molar-refractivity contribution in [3.63, 3.8) is 0 Å². The minimum absolute atomic E-state index is 0.0635. The first-order chi connectivity index (χ1) is 12.2. The molecule has 0 aliphatic heterocycles. The standard InChI is InChI=1S/C22H32N2O2/c1-15-4-6-18(7-5-15)21-9-16-8-17(10-21)12-22(11-16,13-21)24-19(26)23-20(2,3)14-25/h4-7,16-17,25H,8-14H2,1-3H3,(H2,23,24,26)/t16-,17+,21?,22?. The Labute approximate surface area is 156 Å². The van der Waals surface area contributed by atoms with Gasteiger partial charge in [0.25, 0.3) is 0 Å². The van der Waals surface area contributed by atoms with Crippen molar-refractivity contribution in [2.24, 2.45) is 11.8 Å². The lowest BCUT2D eigenvalue weighted by Gasteiger charge is -2.62. The molecule has 142 valence electrons. The second-order valence-electron chi connectivity index (χ2n) is 10.0. The highest BCUT2D eigenvalue weighted by molar-refractivity contribution is 5.75. The normalized spacial score (nSPS) is 35.4. The molecular formula is C22H32N2O2. The van der Waals surface area contributed by atoms with E-state index in [9.17, 15) is 9.90 Å². The Hall–Kier alpha value is -1.55. The van der Waals surface area contributed by atoms with Crippen molar-refractivity contribution in [1.29, 1.82) is 0 Å². The number of aliphatic hydroxyl groups is 1. The van der Waals surface area contributed by atoms with Crippen LogP contribution < -0.4 is 10.6 Å². The first kappa shape index (κ1) is 17.8. The van der Waals surface area contributed by atoms with Crippen LogP contribution in [0.4, 0.5) is 4.79 Å². The first-order valence-corrected chi connectivity index (χ1v) is 10.0. The second kappa shape index (κ2) is 5.98. The molecule has 4 heteroatoms. The van der Waals surface area contributed by atoms with Gasteiger partial charge in [0.1, 0.15) is 0 Å². The number of carbonyl (C=O) groups is 1. The van der Waals surface area contributed by atoms with Crippen LogP contribution in [0.1, 0.15) is 63.5 Å². The Morgan fingerprint density at radius 2 is 1.77 bits per heavy atom. The van der Waals surface area contributed by atoms with E-state index in [1.165, 1.54) is 30.4 Å². The van der Waals surface area contributed by atoms with Gasteiger partial charge in [-0.15, -0.1) is 0 Å². The van der Waals surface area contributed by atoms with Gasteiger partial charge in [-0.3, -0.25) is 0 Å². The summed E-state index contributed by atoms with van der Waals surface area (Å²) in [5, 5.41) is 15.7. The minimum atomic E-state index is -0.596. The third kappa shape index (κ3) is 3.13. The van der Waals surface area contributed by atoms with Crippen LogP contribution in [0.5, 0.6) is 0 Å². The molecule has 0 saturated heterocycles. The lowest BCUT2D eigenvalue weighted by molar-refractivity contribution is -0.0354. The van der Waals surface area contributed by atoms with Crippen molar-refractivity contribution in [3.8, 4) is 0 Å². The van der Waals surface area contributed by atoms with E-state index < -0.39 is 5.54 Å². The van der Waals surface area contributed by atoms with Crippen molar-refractivity contribution in [1.82, 2.24) is 10.6 Å². The van der Waals surface area contributed by atoms with Crippen molar-refractivity contribution >= 4 is 6.03 Å². The van der Waals surface area contributed by atoms with Crippen molar-refractivity contribution in [2.45, 2.75) is 75.8 Å². The lowest BCUT2D eigenvalue weighted by atomic mass is 9.45. The molecule has 4 aliphatic carbocycles. The molecule has 0 spiro atoms. The average molecular weight is 357 g/mol. The molecule has 2 unspecified atom stereocenters. The van der Waals surface area contributed by atoms with Gasteiger partial charge in [-0.25, -0.2) is 4.79 Å². The van der Waals surface area contributed by atoms with Crippen LogP contribution in [0, 0.1) is 18.8 Å². The molecule has 5 rings (SSSR count). The van der Waals surface area contributed by atoms with E-state index in [1.807, 2.05) is 13.8 Å². The first-order valence-electron chi connectivity index (χ1n) is 10.0. The van der Waals surface area contributed by atoms with Gasteiger partial charge >= 0.3 is 6.03 Å². The monoisotopic (exact) mass is 356 g/mol. The molecule has 2 amide bonds. The maximum Gasteiger partial charge on any atom is 0.315 e. The third-order valence-electron chi connectivity index (χ3n) is 6.95. The van der Waals surface area contributed by atoms with Crippen LogP contribution >= 0.6 is 0 Å². The number of hydrogen-bond acceptors (Lipinski definition) is 2. The molecule has 0 heterocycles. The fourth-order valence-electron chi connectivity index (χ4n) is 6.27.